The Bertz CT molecular complexity index is 565. The summed E-state index contributed by atoms with van der Waals surface area (Å²) in [4.78, 5) is 24.1. The summed E-state index contributed by atoms with van der Waals surface area (Å²) in [6.07, 6.45) is 3.36. The van der Waals surface area contributed by atoms with Crippen molar-refractivity contribution >= 4 is 11.9 Å². The summed E-state index contributed by atoms with van der Waals surface area (Å²) < 4.78 is 5.14. The number of nitrogens with one attached hydrogen (secondary N) is 1. The molecule has 24 heavy (non-hydrogen) atoms. The molecule has 1 amide bonds. The molecule has 1 aromatic rings. The zero-order valence-electron chi connectivity index (χ0n) is 15.2. The van der Waals surface area contributed by atoms with Crippen LogP contribution in [0.2, 0.25) is 0 Å². The molecule has 1 aliphatic rings. The monoisotopic (exact) mass is 331 g/mol. The summed E-state index contributed by atoms with van der Waals surface area (Å²) in [6.45, 7) is 8.39. The van der Waals surface area contributed by atoms with Crippen LogP contribution in [0.1, 0.15) is 68.8 Å². The Kier molecular flexibility index (Phi) is 6.41. The Labute approximate surface area is 145 Å². The molecule has 0 bridgehead atoms. The fraction of sp³-hybridized carbons (Fsp3) is 0.600. The van der Waals surface area contributed by atoms with Crippen LogP contribution >= 0.6 is 0 Å². The third-order valence-electron chi connectivity index (χ3n) is 5.20. The summed E-state index contributed by atoms with van der Waals surface area (Å²) in [5.74, 6) is 0.826. The van der Waals surface area contributed by atoms with E-state index in [4.69, 9.17) is 4.74 Å². The van der Waals surface area contributed by atoms with E-state index in [2.05, 4.69) is 33.0 Å². The van der Waals surface area contributed by atoms with Crippen molar-refractivity contribution in [1.29, 1.82) is 0 Å². The van der Waals surface area contributed by atoms with Crippen molar-refractivity contribution in [1.82, 2.24) is 5.32 Å². The fourth-order valence-electron chi connectivity index (χ4n) is 3.25. The lowest BCUT2D eigenvalue weighted by atomic mass is 9.78. The molecule has 1 aliphatic carbocycles. The van der Waals surface area contributed by atoms with Crippen molar-refractivity contribution in [3.63, 3.8) is 0 Å². The molecule has 0 aliphatic heterocycles. The minimum absolute atomic E-state index is 0.185. The fourth-order valence-corrected chi connectivity index (χ4v) is 3.25. The zero-order valence-corrected chi connectivity index (χ0v) is 15.2. The lowest BCUT2D eigenvalue weighted by molar-refractivity contribution is -0.125. The molecule has 3 atom stereocenters. The van der Waals surface area contributed by atoms with E-state index in [1.807, 2.05) is 12.1 Å². The van der Waals surface area contributed by atoms with E-state index in [0.717, 1.165) is 12.8 Å². The topological polar surface area (TPSA) is 55.4 Å². The Morgan fingerprint density at radius 2 is 1.83 bits per heavy atom. The molecule has 0 spiro atoms. The molecule has 1 aromatic carbocycles. The molecule has 0 heterocycles. The summed E-state index contributed by atoms with van der Waals surface area (Å²) >= 11 is 0. The summed E-state index contributed by atoms with van der Waals surface area (Å²) in [5, 5.41) is 3.01. The highest BCUT2D eigenvalue weighted by Crippen LogP contribution is 2.29. The van der Waals surface area contributed by atoms with Gasteiger partial charge in [-0.3, -0.25) is 4.79 Å². The zero-order chi connectivity index (χ0) is 17.7. The van der Waals surface area contributed by atoms with Gasteiger partial charge in [0.1, 0.15) is 0 Å². The van der Waals surface area contributed by atoms with Crippen molar-refractivity contribution in [2.75, 3.05) is 6.61 Å². The molecule has 4 heteroatoms. The first-order chi connectivity index (χ1) is 11.4. The molecule has 1 fully saturated rings. The molecular weight excluding hydrogens is 302 g/mol. The quantitative estimate of drug-likeness (QED) is 0.832. The molecule has 0 radical (unpaired) electrons. The minimum atomic E-state index is -0.453. The summed E-state index contributed by atoms with van der Waals surface area (Å²) in [5.41, 5.74) is 1.65. The highest BCUT2D eigenvalue weighted by atomic mass is 16.5. The van der Waals surface area contributed by atoms with Gasteiger partial charge in [-0.2, -0.15) is 0 Å². The van der Waals surface area contributed by atoms with Gasteiger partial charge in [-0.1, -0.05) is 52.7 Å². The molecule has 0 aromatic heterocycles. The van der Waals surface area contributed by atoms with Crippen LogP contribution in [0.25, 0.3) is 0 Å². The average Bonchev–Trinajstić information content (AvgIpc) is 2.57. The highest BCUT2D eigenvalue weighted by Gasteiger charge is 2.28. The van der Waals surface area contributed by atoms with Gasteiger partial charge in [-0.25, -0.2) is 4.79 Å². The van der Waals surface area contributed by atoms with Crippen molar-refractivity contribution in [2.45, 2.75) is 58.9 Å². The van der Waals surface area contributed by atoms with Gasteiger partial charge in [0.25, 0.3) is 5.91 Å². The standard InChI is InChI=1S/C20H29NO3/c1-13(2)16-8-10-17(11-9-16)20(23)24-12-19(22)21-18-7-5-6-14(3)15(18)4/h8-11,13-15,18H,5-7,12H2,1-4H3,(H,21,22)/t14-,15+,18+/m0/s1. The van der Waals surface area contributed by atoms with Crippen molar-refractivity contribution in [2.24, 2.45) is 11.8 Å². The van der Waals surface area contributed by atoms with Crippen LogP contribution in [-0.2, 0) is 9.53 Å². The van der Waals surface area contributed by atoms with Crippen molar-refractivity contribution in [3.05, 3.63) is 35.4 Å². The molecule has 1 saturated carbocycles. The van der Waals surface area contributed by atoms with Crippen LogP contribution in [0.4, 0.5) is 0 Å². The van der Waals surface area contributed by atoms with Crippen LogP contribution in [-0.4, -0.2) is 24.5 Å². The Morgan fingerprint density at radius 3 is 2.46 bits per heavy atom. The molecule has 0 saturated heterocycles. The maximum atomic E-state index is 12.1. The number of carbonyl (C=O) groups excluding carboxylic acids is 2. The lowest BCUT2D eigenvalue weighted by Gasteiger charge is -2.34. The first kappa shape index (κ1) is 18.5. The lowest BCUT2D eigenvalue weighted by Crippen LogP contribution is -2.45. The van der Waals surface area contributed by atoms with Crippen LogP contribution in [0.3, 0.4) is 0 Å². The van der Waals surface area contributed by atoms with E-state index < -0.39 is 5.97 Å². The van der Waals surface area contributed by atoms with E-state index in [1.54, 1.807) is 12.1 Å². The number of benzene rings is 1. The van der Waals surface area contributed by atoms with Gasteiger partial charge >= 0.3 is 5.97 Å². The minimum Gasteiger partial charge on any atom is -0.452 e. The smallest absolute Gasteiger partial charge is 0.338 e. The molecular formula is C20H29NO3. The average molecular weight is 331 g/mol. The van der Waals surface area contributed by atoms with E-state index in [9.17, 15) is 9.59 Å². The van der Waals surface area contributed by atoms with E-state index in [1.165, 1.54) is 12.0 Å². The van der Waals surface area contributed by atoms with E-state index in [-0.39, 0.29) is 18.6 Å². The summed E-state index contributed by atoms with van der Waals surface area (Å²) in [6, 6.07) is 7.53. The predicted molar refractivity (Wildman–Crippen MR) is 94.9 cm³/mol. The number of hydrogen-bond acceptors (Lipinski definition) is 3. The molecule has 2 rings (SSSR count). The highest BCUT2D eigenvalue weighted by molar-refractivity contribution is 5.91. The second-order valence-electron chi connectivity index (χ2n) is 7.29. The maximum Gasteiger partial charge on any atom is 0.338 e. The Balaban J connectivity index is 1.81. The maximum absolute atomic E-state index is 12.1. The number of rotatable bonds is 5. The third kappa shape index (κ3) is 4.83. The number of hydrogen-bond donors (Lipinski definition) is 1. The number of amides is 1. The number of ether oxygens (including phenoxy) is 1. The molecule has 132 valence electrons. The Morgan fingerprint density at radius 1 is 1.17 bits per heavy atom. The van der Waals surface area contributed by atoms with Gasteiger partial charge in [-0.05, 0) is 41.9 Å². The molecule has 1 N–H and O–H groups in total. The molecule has 4 nitrogen and oxygen atoms in total. The summed E-state index contributed by atoms with van der Waals surface area (Å²) in [7, 11) is 0. The first-order valence-electron chi connectivity index (χ1n) is 8.95. The third-order valence-corrected chi connectivity index (χ3v) is 5.20. The van der Waals surface area contributed by atoms with Gasteiger partial charge in [0.2, 0.25) is 0 Å². The SMILES string of the molecule is CC(C)c1ccc(C(=O)OCC(=O)N[C@@H]2CCC[C@H](C)[C@H]2C)cc1. The van der Waals surface area contributed by atoms with Crippen molar-refractivity contribution < 1.29 is 14.3 Å². The second-order valence-corrected chi connectivity index (χ2v) is 7.29. The van der Waals surface area contributed by atoms with E-state index in [0.29, 0.717) is 23.3 Å². The first-order valence-corrected chi connectivity index (χ1v) is 8.95. The van der Waals surface area contributed by atoms with Crippen LogP contribution in [0.15, 0.2) is 24.3 Å². The van der Waals surface area contributed by atoms with E-state index >= 15 is 0 Å². The van der Waals surface area contributed by atoms with Gasteiger partial charge in [0.05, 0.1) is 5.56 Å². The normalized spacial score (nSPS) is 23.8. The van der Waals surface area contributed by atoms with Gasteiger partial charge in [0, 0.05) is 6.04 Å². The molecule has 0 unspecified atom stereocenters. The van der Waals surface area contributed by atoms with Gasteiger partial charge in [0.15, 0.2) is 6.61 Å². The number of carbonyl (C=O) groups is 2. The van der Waals surface area contributed by atoms with Gasteiger partial charge in [-0.15, -0.1) is 0 Å². The van der Waals surface area contributed by atoms with Crippen LogP contribution < -0.4 is 5.32 Å². The van der Waals surface area contributed by atoms with Crippen LogP contribution in [0.5, 0.6) is 0 Å². The number of esters is 1. The van der Waals surface area contributed by atoms with Crippen molar-refractivity contribution in [3.8, 4) is 0 Å². The Hall–Kier alpha value is -1.84. The second kappa shape index (κ2) is 8.32. The largest absolute Gasteiger partial charge is 0.452 e. The van der Waals surface area contributed by atoms with Crippen LogP contribution in [0, 0.1) is 11.8 Å². The predicted octanol–water partition coefficient (Wildman–Crippen LogP) is 3.91. The van der Waals surface area contributed by atoms with Gasteiger partial charge < -0.3 is 10.1 Å².